The summed E-state index contributed by atoms with van der Waals surface area (Å²) >= 11 is 0. The second-order valence-corrected chi connectivity index (χ2v) is 6.66. The number of aromatic nitrogens is 2. The van der Waals surface area contributed by atoms with Gasteiger partial charge in [0.15, 0.2) is 5.76 Å². The van der Waals surface area contributed by atoms with E-state index in [-0.39, 0.29) is 23.3 Å². The Morgan fingerprint density at radius 1 is 1.19 bits per heavy atom. The van der Waals surface area contributed by atoms with E-state index in [0.717, 1.165) is 23.9 Å². The van der Waals surface area contributed by atoms with Gasteiger partial charge in [0.2, 0.25) is 5.91 Å². The number of benzene rings is 1. The van der Waals surface area contributed by atoms with Crippen molar-refractivity contribution < 1.29 is 14.0 Å². The number of imidazole rings is 1. The molecule has 2 aromatic heterocycles. The Morgan fingerprint density at radius 2 is 2.04 bits per heavy atom. The van der Waals surface area contributed by atoms with Crippen molar-refractivity contribution in [2.75, 3.05) is 6.54 Å². The lowest BCUT2D eigenvalue weighted by molar-refractivity contribution is -0.126. The molecule has 3 aromatic rings. The van der Waals surface area contributed by atoms with Crippen LogP contribution >= 0.6 is 0 Å². The molecule has 1 atom stereocenters. The summed E-state index contributed by atoms with van der Waals surface area (Å²) in [6, 6.07) is 8.22. The van der Waals surface area contributed by atoms with Crippen LogP contribution in [0.3, 0.4) is 0 Å². The Kier molecular flexibility index (Phi) is 4.53. The first-order valence-corrected chi connectivity index (χ1v) is 8.95. The van der Waals surface area contributed by atoms with Gasteiger partial charge in [-0.05, 0) is 49.1 Å². The summed E-state index contributed by atoms with van der Waals surface area (Å²) < 4.78 is 5.19. The lowest BCUT2D eigenvalue weighted by Crippen LogP contribution is -2.51. The van der Waals surface area contributed by atoms with Gasteiger partial charge in [0.25, 0.3) is 5.91 Å². The Balaban J connectivity index is 1.45. The summed E-state index contributed by atoms with van der Waals surface area (Å²) in [4.78, 5) is 43.7. The zero-order valence-corrected chi connectivity index (χ0v) is 14.7. The Morgan fingerprint density at radius 3 is 2.85 bits per heavy atom. The lowest BCUT2D eigenvalue weighted by atomic mass is 10.0. The Labute approximate surface area is 154 Å². The highest BCUT2D eigenvalue weighted by Crippen LogP contribution is 2.20. The van der Waals surface area contributed by atoms with E-state index in [4.69, 9.17) is 4.42 Å². The van der Waals surface area contributed by atoms with Crippen LogP contribution in [0.1, 0.15) is 35.4 Å². The molecule has 0 saturated carbocycles. The SMILES string of the molecule is O=C(NCc1ccc2[nH]c(=O)[nH]c2c1)C1CCCCN1C(=O)c1ccco1. The van der Waals surface area contributed by atoms with Crippen LogP contribution in [0.15, 0.2) is 45.8 Å². The maximum absolute atomic E-state index is 12.7. The first-order valence-electron chi connectivity index (χ1n) is 8.95. The summed E-state index contributed by atoms with van der Waals surface area (Å²) in [7, 11) is 0. The van der Waals surface area contributed by atoms with Gasteiger partial charge in [0.05, 0.1) is 17.3 Å². The van der Waals surface area contributed by atoms with Crippen LogP contribution in [0.2, 0.25) is 0 Å². The predicted molar refractivity (Wildman–Crippen MR) is 98.1 cm³/mol. The largest absolute Gasteiger partial charge is 0.459 e. The van der Waals surface area contributed by atoms with Gasteiger partial charge in [0, 0.05) is 13.1 Å². The topological polar surface area (TPSA) is 111 Å². The van der Waals surface area contributed by atoms with Crippen molar-refractivity contribution in [1.82, 2.24) is 20.2 Å². The normalized spacial score (nSPS) is 17.2. The van der Waals surface area contributed by atoms with Gasteiger partial charge in [-0.25, -0.2) is 4.79 Å². The molecule has 2 amide bonds. The predicted octanol–water partition coefficient (Wildman–Crippen LogP) is 1.76. The molecule has 3 heterocycles. The second kappa shape index (κ2) is 7.14. The number of rotatable bonds is 4. The standard InChI is InChI=1S/C19H20N4O4/c24-17(20-11-12-6-7-13-14(10-12)22-19(26)21-13)15-4-1-2-8-23(15)18(25)16-5-3-9-27-16/h3,5-7,9-10,15H,1-2,4,8,11H2,(H,20,24)(H2,21,22,26). The van der Waals surface area contributed by atoms with Gasteiger partial charge in [-0.2, -0.15) is 0 Å². The summed E-state index contributed by atoms with van der Waals surface area (Å²) in [5.41, 5.74) is 2.02. The van der Waals surface area contributed by atoms with E-state index >= 15 is 0 Å². The minimum absolute atomic E-state index is 0.183. The van der Waals surface area contributed by atoms with Crippen LogP contribution in [-0.2, 0) is 11.3 Å². The van der Waals surface area contributed by atoms with Gasteiger partial charge < -0.3 is 24.6 Å². The van der Waals surface area contributed by atoms with Gasteiger partial charge in [-0.1, -0.05) is 6.07 Å². The molecule has 0 bridgehead atoms. The van der Waals surface area contributed by atoms with Crippen LogP contribution in [0.5, 0.6) is 0 Å². The molecule has 1 saturated heterocycles. The van der Waals surface area contributed by atoms with Crippen LogP contribution < -0.4 is 11.0 Å². The van der Waals surface area contributed by atoms with E-state index < -0.39 is 6.04 Å². The Hall–Kier alpha value is -3.29. The summed E-state index contributed by atoms with van der Waals surface area (Å²) in [6.07, 6.45) is 3.85. The number of nitrogens with zero attached hydrogens (tertiary/aromatic N) is 1. The van der Waals surface area contributed by atoms with Gasteiger partial charge in [-0.3, -0.25) is 9.59 Å². The van der Waals surface area contributed by atoms with Crippen LogP contribution in [0, 0.1) is 0 Å². The van der Waals surface area contributed by atoms with Crippen LogP contribution in [-0.4, -0.2) is 39.3 Å². The minimum atomic E-state index is -0.507. The van der Waals surface area contributed by atoms with Crippen molar-refractivity contribution >= 4 is 22.8 Å². The summed E-state index contributed by atoms with van der Waals surface area (Å²) in [5.74, 6) is -0.194. The molecule has 27 heavy (non-hydrogen) atoms. The number of likely N-dealkylation sites (tertiary alicyclic amines) is 1. The molecule has 1 aromatic carbocycles. The number of fused-ring (bicyclic) bond motifs is 1. The number of nitrogens with one attached hydrogen (secondary N) is 3. The highest BCUT2D eigenvalue weighted by Gasteiger charge is 2.33. The molecule has 1 aliphatic rings. The smallest absolute Gasteiger partial charge is 0.323 e. The fraction of sp³-hybridized carbons (Fsp3) is 0.316. The highest BCUT2D eigenvalue weighted by molar-refractivity contribution is 5.95. The van der Waals surface area contributed by atoms with E-state index in [1.165, 1.54) is 6.26 Å². The van der Waals surface area contributed by atoms with Gasteiger partial charge in [-0.15, -0.1) is 0 Å². The third-order valence-electron chi connectivity index (χ3n) is 4.85. The molecular formula is C19H20N4O4. The van der Waals surface area contributed by atoms with Crippen LogP contribution in [0.4, 0.5) is 0 Å². The molecular weight excluding hydrogens is 348 g/mol. The number of carbonyl (C=O) groups is 2. The highest BCUT2D eigenvalue weighted by atomic mass is 16.3. The molecule has 1 unspecified atom stereocenters. The van der Waals surface area contributed by atoms with Crippen molar-refractivity contribution in [2.24, 2.45) is 0 Å². The van der Waals surface area contributed by atoms with Crippen molar-refractivity contribution in [3.05, 3.63) is 58.4 Å². The number of carbonyl (C=O) groups excluding carboxylic acids is 2. The van der Waals surface area contributed by atoms with Gasteiger partial charge >= 0.3 is 5.69 Å². The fourth-order valence-electron chi connectivity index (χ4n) is 3.49. The first-order chi connectivity index (χ1) is 13.1. The average Bonchev–Trinajstić information content (AvgIpc) is 3.34. The molecule has 0 radical (unpaired) electrons. The third kappa shape index (κ3) is 3.51. The first kappa shape index (κ1) is 17.1. The minimum Gasteiger partial charge on any atom is -0.459 e. The van der Waals surface area contributed by atoms with E-state index in [1.807, 2.05) is 12.1 Å². The number of aromatic amines is 2. The molecule has 4 rings (SSSR count). The quantitative estimate of drug-likeness (QED) is 0.651. The molecule has 1 fully saturated rings. The van der Waals surface area contributed by atoms with Gasteiger partial charge in [0.1, 0.15) is 6.04 Å². The van der Waals surface area contributed by atoms with Crippen molar-refractivity contribution in [1.29, 1.82) is 0 Å². The number of H-pyrrole nitrogens is 2. The Bertz CT molecular complexity index is 1020. The molecule has 3 N–H and O–H groups in total. The maximum atomic E-state index is 12.7. The number of piperidine rings is 1. The second-order valence-electron chi connectivity index (χ2n) is 6.66. The van der Waals surface area contributed by atoms with Crippen molar-refractivity contribution in [3.63, 3.8) is 0 Å². The maximum Gasteiger partial charge on any atom is 0.323 e. The number of hydrogen-bond acceptors (Lipinski definition) is 4. The zero-order valence-electron chi connectivity index (χ0n) is 14.7. The molecule has 1 aliphatic heterocycles. The number of hydrogen-bond donors (Lipinski definition) is 3. The molecule has 0 aliphatic carbocycles. The molecule has 0 spiro atoms. The summed E-state index contributed by atoms with van der Waals surface area (Å²) in [6.45, 7) is 0.857. The van der Waals surface area contributed by atoms with E-state index in [0.29, 0.717) is 25.0 Å². The fourth-order valence-corrected chi connectivity index (χ4v) is 3.49. The van der Waals surface area contributed by atoms with Crippen molar-refractivity contribution in [2.45, 2.75) is 31.8 Å². The monoisotopic (exact) mass is 368 g/mol. The molecule has 8 heteroatoms. The van der Waals surface area contributed by atoms with E-state index in [9.17, 15) is 14.4 Å². The molecule has 8 nitrogen and oxygen atoms in total. The lowest BCUT2D eigenvalue weighted by Gasteiger charge is -2.34. The average molecular weight is 368 g/mol. The third-order valence-corrected chi connectivity index (χ3v) is 4.85. The van der Waals surface area contributed by atoms with E-state index in [2.05, 4.69) is 15.3 Å². The summed E-state index contributed by atoms with van der Waals surface area (Å²) in [5, 5.41) is 2.90. The zero-order chi connectivity index (χ0) is 18.8. The van der Waals surface area contributed by atoms with Crippen molar-refractivity contribution in [3.8, 4) is 0 Å². The van der Waals surface area contributed by atoms with E-state index in [1.54, 1.807) is 23.1 Å². The number of furan rings is 1. The number of amides is 2. The molecule has 140 valence electrons. The van der Waals surface area contributed by atoms with Crippen LogP contribution in [0.25, 0.3) is 11.0 Å².